The van der Waals surface area contributed by atoms with E-state index < -0.39 is 5.41 Å². The first-order valence-corrected chi connectivity index (χ1v) is 11.7. The van der Waals surface area contributed by atoms with Crippen molar-refractivity contribution in [3.8, 4) is 11.5 Å². The zero-order valence-corrected chi connectivity index (χ0v) is 19.0. The molecule has 0 aliphatic carbocycles. The summed E-state index contributed by atoms with van der Waals surface area (Å²) in [5, 5.41) is 0. The molecule has 168 valence electrons. The molecule has 0 atom stereocenters. The number of fused-ring (bicyclic) bond motifs is 6. The minimum atomic E-state index is -1.13. The average molecular weight is 443 g/mol. The van der Waals surface area contributed by atoms with Crippen LogP contribution in [0, 0.1) is 19.7 Å². The largest absolute Gasteiger partial charge is 0.457 e. The Labute approximate surface area is 193 Å². The number of carbonyl (C=O) groups is 1. The molecule has 0 saturated carbocycles. The van der Waals surface area contributed by atoms with Gasteiger partial charge in [-0.2, -0.15) is 0 Å². The summed E-state index contributed by atoms with van der Waals surface area (Å²) in [6.07, 6.45) is 3.51. The lowest BCUT2D eigenvalue weighted by atomic mass is 9.68. The monoisotopic (exact) mass is 442 g/mol. The van der Waals surface area contributed by atoms with Crippen LogP contribution in [0.4, 0.5) is 10.1 Å². The number of rotatable bonds is 2. The fraction of sp³-hybridized carbons (Fsp3) is 0.321. The Bertz CT molecular complexity index is 1230. The number of amides is 1. The van der Waals surface area contributed by atoms with Crippen molar-refractivity contribution in [2.75, 3.05) is 24.7 Å². The molecule has 1 spiro atoms. The normalized spacial score (nSPS) is 18.6. The number of piperidine rings is 1. The van der Waals surface area contributed by atoms with Crippen LogP contribution in [0.3, 0.4) is 0 Å². The number of likely N-dealkylation sites (tertiary alicyclic amines) is 1. The molecule has 0 bridgehead atoms. The van der Waals surface area contributed by atoms with E-state index in [0.717, 1.165) is 53.9 Å². The maximum Gasteiger partial charge on any atom is 0.248 e. The van der Waals surface area contributed by atoms with Gasteiger partial charge in [0.1, 0.15) is 22.7 Å². The predicted octanol–water partition coefficient (Wildman–Crippen LogP) is 5.67. The topological polar surface area (TPSA) is 32.8 Å². The van der Waals surface area contributed by atoms with Crippen molar-refractivity contribution in [3.05, 3.63) is 88.2 Å². The lowest BCUT2D eigenvalue weighted by Gasteiger charge is -2.37. The quantitative estimate of drug-likeness (QED) is 0.512. The van der Waals surface area contributed by atoms with Crippen molar-refractivity contribution in [3.63, 3.8) is 0 Å². The molecule has 5 heteroatoms. The molecule has 1 amide bonds. The van der Waals surface area contributed by atoms with Crippen LogP contribution in [0.1, 0.15) is 47.1 Å². The first-order valence-electron chi connectivity index (χ1n) is 11.7. The van der Waals surface area contributed by atoms with Crippen LogP contribution in [-0.2, 0) is 10.2 Å². The first-order chi connectivity index (χ1) is 16.0. The summed E-state index contributed by atoms with van der Waals surface area (Å²) in [6.45, 7) is 6.48. The van der Waals surface area contributed by atoms with E-state index in [4.69, 9.17) is 4.74 Å². The number of carbonyl (C=O) groups excluding carboxylic acids is 1. The number of halogens is 1. The highest BCUT2D eigenvalue weighted by Crippen LogP contribution is 2.58. The lowest BCUT2D eigenvalue weighted by Crippen LogP contribution is -2.48. The van der Waals surface area contributed by atoms with Gasteiger partial charge in [-0.3, -0.25) is 14.6 Å². The van der Waals surface area contributed by atoms with Crippen LogP contribution in [0.5, 0.6) is 11.5 Å². The van der Waals surface area contributed by atoms with Gasteiger partial charge in [0.2, 0.25) is 5.91 Å². The average Bonchev–Trinajstić information content (AvgIpc) is 3.02. The summed E-state index contributed by atoms with van der Waals surface area (Å²) >= 11 is 0. The molecule has 0 radical (unpaired) electrons. The Kier molecular flexibility index (Phi) is 4.59. The number of nitrogens with zero attached hydrogens (tertiary/aromatic N) is 2. The second kappa shape index (κ2) is 7.42. The van der Waals surface area contributed by atoms with Gasteiger partial charge < -0.3 is 4.74 Å². The molecule has 1 saturated heterocycles. The third-order valence-electron chi connectivity index (χ3n) is 7.31. The van der Waals surface area contributed by atoms with Crippen molar-refractivity contribution < 1.29 is 13.9 Å². The van der Waals surface area contributed by atoms with Crippen molar-refractivity contribution in [1.82, 2.24) is 4.90 Å². The Morgan fingerprint density at radius 2 is 1.48 bits per heavy atom. The Morgan fingerprint density at radius 1 is 0.848 bits per heavy atom. The number of anilines is 1. The smallest absolute Gasteiger partial charge is 0.248 e. The van der Waals surface area contributed by atoms with Gasteiger partial charge in [0, 0.05) is 16.7 Å². The van der Waals surface area contributed by atoms with E-state index >= 15 is 0 Å². The van der Waals surface area contributed by atoms with Gasteiger partial charge in [0.25, 0.3) is 0 Å². The molecule has 3 aliphatic rings. The molecule has 3 heterocycles. The molecule has 6 rings (SSSR count). The van der Waals surface area contributed by atoms with Crippen molar-refractivity contribution >= 4 is 11.6 Å². The molecule has 0 unspecified atom stereocenters. The van der Waals surface area contributed by atoms with Gasteiger partial charge in [0.15, 0.2) is 0 Å². The highest BCUT2D eigenvalue weighted by molar-refractivity contribution is 6.14. The van der Waals surface area contributed by atoms with Gasteiger partial charge in [-0.15, -0.1) is 0 Å². The van der Waals surface area contributed by atoms with Crippen molar-refractivity contribution in [2.45, 2.75) is 38.5 Å². The van der Waals surface area contributed by atoms with Crippen molar-refractivity contribution in [2.24, 2.45) is 0 Å². The molecular weight excluding hydrogens is 415 g/mol. The van der Waals surface area contributed by atoms with Crippen LogP contribution < -0.4 is 9.64 Å². The SMILES string of the molecule is Cc1ccc2c(c1)Oc1cc(C)ccc1C21C(=O)N(CN2CCCCC2)c2ccc(F)cc21. The Hall–Kier alpha value is -3.18. The van der Waals surface area contributed by atoms with Gasteiger partial charge in [-0.05, 0) is 81.2 Å². The van der Waals surface area contributed by atoms with E-state index in [0.29, 0.717) is 23.7 Å². The highest BCUT2D eigenvalue weighted by Gasteiger charge is 2.57. The third kappa shape index (κ3) is 2.95. The minimum Gasteiger partial charge on any atom is -0.457 e. The number of ether oxygens (including phenoxy) is 1. The molecule has 4 nitrogen and oxygen atoms in total. The summed E-state index contributed by atoms with van der Waals surface area (Å²) in [4.78, 5) is 18.7. The molecule has 1 fully saturated rings. The fourth-order valence-corrected chi connectivity index (χ4v) is 5.74. The van der Waals surface area contributed by atoms with E-state index in [1.807, 2.05) is 55.1 Å². The maximum absolute atomic E-state index is 14.7. The second-order valence-electron chi connectivity index (χ2n) is 9.57. The molecule has 0 aromatic heterocycles. The van der Waals surface area contributed by atoms with Crippen LogP contribution in [0.2, 0.25) is 0 Å². The van der Waals surface area contributed by atoms with Crippen LogP contribution in [0.15, 0.2) is 54.6 Å². The molecular formula is C28H27FN2O2. The summed E-state index contributed by atoms with van der Waals surface area (Å²) < 4.78 is 21.1. The van der Waals surface area contributed by atoms with E-state index in [2.05, 4.69) is 4.90 Å². The van der Waals surface area contributed by atoms with Crippen LogP contribution >= 0.6 is 0 Å². The van der Waals surface area contributed by atoms with E-state index in [9.17, 15) is 9.18 Å². The number of hydrogen-bond acceptors (Lipinski definition) is 3. The number of benzene rings is 3. The van der Waals surface area contributed by atoms with Crippen LogP contribution in [0.25, 0.3) is 0 Å². The predicted molar refractivity (Wildman–Crippen MR) is 126 cm³/mol. The maximum atomic E-state index is 14.7. The molecule has 3 aromatic rings. The standard InChI is InChI=1S/C28H27FN2O2/c1-18-6-9-21-25(14-18)33-26-15-19(2)7-10-22(26)28(21)23-16-20(29)8-11-24(23)31(27(28)32)17-30-12-4-3-5-13-30/h6-11,14-16H,3-5,12-13,17H2,1-2H3. The first kappa shape index (κ1) is 20.4. The van der Waals surface area contributed by atoms with Gasteiger partial charge >= 0.3 is 0 Å². The zero-order chi connectivity index (χ0) is 22.7. The summed E-state index contributed by atoms with van der Waals surface area (Å²) in [7, 11) is 0. The summed E-state index contributed by atoms with van der Waals surface area (Å²) in [5.41, 5.74) is 4.02. The van der Waals surface area contributed by atoms with E-state index in [1.165, 1.54) is 12.5 Å². The van der Waals surface area contributed by atoms with Gasteiger partial charge in [-0.1, -0.05) is 30.7 Å². The second-order valence-corrected chi connectivity index (χ2v) is 9.57. The fourth-order valence-electron chi connectivity index (χ4n) is 5.74. The Morgan fingerprint density at radius 3 is 2.12 bits per heavy atom. The number of hydrogen-bond donors (Lipinski definition) is 0. The van der Waals surface area contributed by atoms with E-state index in [-0.39, 0.29) is 11.7 Å². The highest BCUT2D eigenvalue weighted by atomic mass is 19.1. The third-order valence-corrected chi connectivity index (χ3v) is 7.31. The van der Waals surface area contributed by atoms with Crippen LogP contribution in [-0.4, -0.2) is 30.6 Å². The van der Waals surface area contributed by atoms with E-state index in [1.54, 1.807) is 12.1 Å². The molecule has 3 aromatic carbocycles. The Balaban J connectivity index is 1.62. The summed E-state index contributed by atoms with van der Waals surface area (Å²) in [6, 6.07) is 16.7. The minimum absolute atomic E-state index is 0.0350. The molecule has 0 N–H and O–H groups in total. The molecule has 3 aliphatic heterocycles. The number of aryl methyl sites for hydroxylation is 2. The zero-order valence-electron chi connectivity index (χ0n) is 19.0. The van der Waals surface area contributed by atoms with Gasteiger partial charge in [0.05, 0.1) is 12.4 Å². The lowest BCUT2D eigenvalue weighted by molar-refractivity contribution is -0.121. The van der Waals surface area contributed by atoms with Crippen molar-refractivity contribution in [1.29, 1.82) is 0 Å². The van der Waals surface area contributed by atoms with Gasteiger partial charge in [-0.25, -0.2) is 4.39 Å². The summed E-state index contributed by atoms with van der Waals surface area (Å²) in [5.74, 6) is 0.953. The molecule has 33 heavy (non-hydrogen) atoms.